The lowest BCUT2D eigenvalue weighted by molar-refractivity contribution is 0.236. The van der Waals surface area contributed by atoms with E-state index in [1.807, 2.05) is 31.2 Å². The molecule has 0 aliphatic rings. The first-order valence-electron chi connectivity index (χ1n) is 5.79. The lowest BCUT2D eigenvalue weighted by Crippen LogP contribution is -2.38. The third kappa shape index (κ3) is 4.77. The molecule has 0 bridgehead atoms. The van der Waals surface area contributed by atoms with Crippen LogP contribution in [0.25, 0.3) is 0 Å². The maximum absolute atomic E-state index is 11.6. The fraction of sp³-hybridized carbons (Fsp3) is 0.462. The maximum atomic E-state index is 11.6. The van der Waals surface area contributed by atoms with Crippen molar-refractivity contribution in [3.8, 4) is 0 Å². The van der Waals surface area contributed by atoms with Crippen LogP contribution in [0.15, 0.2) is 28.7 Å². The van der Waals surface area contributed by atoms with Gasteiger partial charge in [0, 0.05) is 11.0 Å². The highest BCUT2D eigenvalue weighted by Crippen LogP contribution is 2.22. The van der Waals surface area contributed by atoms with Crippen LogP contribution in [0, 0.1) is 5.92 Å². The Morgan fingerprint density at radius 2 is 1.94 bits per heavy atom. The van der Waals surface area contributed by atoms with Crippen LogP contribution in [0.1, 0.15) is 32.4 Å². The average molecular weight is 299 g/mol. The molecule has 0 saturated carbocycles. The van der Waals surface area contributed by atoms with E-state index in [2.05, 4.69) is 40.4 Å². The first-order valence-corrected chi connectivity index (χ1v) is 6.58. The second-order valence-corrected chi connectivity index (χ2v) is 5.35. The predicted molar refractivity (Wildman–Crippen MR) is 73.9 cm³/mol. The van der Waals surface area contributed by atoms with Crippen LogP contribution in [0.4, 0.5) is 4.79 Å². The normalized spacial score (nSPS) is 12.3. The molecule has 0 unspecified atom stereocenters. The van der Waals surface area contributed by atoms with Crippen molar-refractivity contribution in [2.75, 3.05) is 6.54 Å². The Hall–Kier alpha value is -1.03. The van der Waals surface area contributed by atoms with Crippen LogP contribution in [0.2, 0.25) is 0 Å². The standard InChI is InChI=1S/C13H19BrN2O/c1-9(2)8-15-13(17)16-10(3)11-6-4-5-7-12(11)14/h4-7,9-10H,8H2,1-3H3,(H2,15,16,17)/t10-/m1/s1. The van der Waals surface area contributed by atoms with E-state index in [0.29, 0.717) is 12.5 Å². The molecule has 94 valence electrons. The van der Waals surface area contributed by atoms with Crippen molar-refractivity contribution >= 4 is 22.0 Å². The van der Waals surface area contributed by atoms with Gasteiger partial charge in [-0.25, -0.2) is 4.79 Å². The van der Waals surface area contributed by atoms with Gasteiger partial charge in [-0.15, -0.1) is 0 Å². The molecule has 4 heteroatoms. The van der Waals surface area contributed by atoms with Crippen molar-refractivity contribution in [2.24, 2.45) is 5.92 Å². The number of amides is 2. The molecule has 3 nitrogen and oxygen atoms in total. The Labute approximate surface area is 111 Å². The summed E-state index contributed by atoms with van der Waals surface area (Å²) < 4.78 is 1.01. The second kappa shape index (κ2) is 6.64. The molecule has 1 atom stereocenters. The quantitative estimate of drug-likeness (QED) is 0.878. The van der Waals surface area contributed by atoms with Crippen molar-refractivity contribution in [1.82, 2.24) is 10.6 Å². The Morgan fingerprint density at radius 1 is 1.29 bits per heavy atom. The number of benzene rings is 1. The highest BCUT2D eigenvalue weighted by atomic mass is 79.9. The maximum Gasteiger partial charge on any atom is 0.315 e. The fourth-order valence-corrected chi connectivity index (χ4v) is 2.08. The van der Waals surface area contributed by atoms with Gasteiger partial charge in [-0.2, -0.15) is 0 Å². The zero-order valence-corrected chi connectivity index (χ0v) is 12.0. The monoisotopic (exact) mass is 298 g/mol. The smallest absolute Gasteiger partial charge is 0.315 e. The van der Waals surface area contributed by atoms with Gasteiger partial charge in [-0.05, 0) is 24.5 Å². The first kappa shape index (κ1) is 14.0. The molecule has 2 amide bonds. The minimum atomic E-state index is -0.123. The molecule has 0 aliphatic carbocycles. The van der Waals surface area contributed by atoms with E-state index in [-0.39, 0.29) is 12.1 Å². The SMILES string of the molecule is CC(C)CNC(=O)N[C@H](C)c1ccccc1Br. The molecule has 1 aromatic carbocycles. The van der Waals surface area contributed by atoms with Crippen molar-refractivity contribution in [2.45, 2.75) is 26.8 Å². The zero-order valence-electron chi connectivity index (χ0n) is 10.5. The van der Waals surface area contributed by atoms with E-state index in [1.165, 1.54) is 0 Å². The van der Waals surface area contributed by atoms with Crippen molar-refractivity contribution in [1.29, 1.82) is 0 Å². The van der Waals surface area contributed by atoms with E-state index >= 15 is 0 Å². The number of carbonyl (C=O) groups excluding carboxylic acids is 1. The van der Waals surface area contributed by atoms with Gasteiger partial charge in [0.25, 0.3) is 0 Å². The first-order chi connectivity index (χ1) is 8.00. The Kier molecular flexibility index (Phi) is 5.48. The number of urea groups is 1. The lowest BCUT2D eigenvalue weighted by Gasteiger charge is -2.17. The molecule has 0 heterocycles. The van der Waals surface area contributed by atoms with Crippen molar-refractivity contribution < 1.29 is 4.79 Å². The summed E-state index contributed by atoms with van der Waals surface area (Å²) in [6.07, 6.45) is 0. The Balaban J connectivity index is 2.52. The summed E-state index contributed by atoms with van der Waals surface area (Å²) >= 11 is 3.48. The van der Waals surface area contributed by atoms with E-state index in [1.54, 1.807) is 0 Å². The van der Waals surface area contributed by atoms with Gasteiger partial charge < -0.3 is 10.6 Å². The molecule has 0 fully saturated rings. The van der Waals surface area contributed by atoms with Crippen molar-refractivity contribution in [3.63, 3.8) is 0 Å². The van der Waals surface area contributed by atoms with Gasteiger partial charge in [0.2, 0.25) is 0 Å². The molecule has 0 radical (unpaired) electrons. The summed E-state index contributed by atoms with van der Waals surface area (Å²) in [5.41, 5.74) is 1.08. The number of hydrogen-bond donors (Lipinski definition) is 2. The summed E-state index contributed by atoms with van der Waals surface area (Å²) in [7, 11) is 0. The van der Waals surface area contributed by atoms with Crippen molar-refractivity contribution in [3.05, 3.63) is 34.3 Å². The van der Waals surface area contributed by atoms with Gasteiger partial charge in [-0.1, -0.05) is 48.0 Å². The van der Waals surface area contributed by atoms with Gasteiger partial charge in [-0.3, -0.25) is 0 Å². The third-order valence-corrected chi connectivity index (χ3v) is 3.11. The van der Waals surface area contributed by atoms with Crippen LogP contribution >= 0.6 is 15.9 Å². The minimum Gasteiger partial charge on any atom is -0.338 e. The molecule has 2 N–H and O–H groups in total. The molecule has 1 aromatic rings. The van der Waals surface area contributed by atoms with Gasteiger partial charge in [0.1, 0.15) is 0 Å². The van der Waals surface area contributed by atoms with E-state index in [4.69, 9.17) is 0 Å². The molecule has 0 spiro atoms. The Morgan fingerprint density at radius 3 is 2.53 bits per heavy atom. The highest BCUT2D eigenvalue weighted by Gasteiger charge is 2.11. The topological polar surface area (TPSA) is 41.1 Å². The van der Waals surface area contributed by atoms with Gasteiger partial charge in [0.05, 0.1) is 6.04 Å². The number of rotatable bonds is 4. The van der Waals surface area contributed by atoms with E-state index < -0.39 is 0 Å². The van der Waals surface area contributed by atoms with E-state index in [0.717, 1.165) is 10.0 Å². The molecule has 17 heavy (non-hydrogen) atoms. The van der Waals surface area contributed by atoms with Gasteiger partial charge in [0.15, 0.2) is 0 Å². The minimum absolute atomic E-state index is 0.0160. The third-order valence-electron chi connectivity index (χ3n) is 2.39. The predicted octanol–water partition coefficient (Wildman–Crippen LogP) is 3.47. The summed E-state index contributed by atoms with van der Waals surface area (Å²) in [5.74, 6) is 0.458. The number of halogens is 1. The second-order valence-electron chi connectivity index (χ2n) is 4.49. The summed E-state index contributed by atoms with van der Waals surface area (Å²) in [6.45, 7) is 6.79. The molecule has 0 saturated heterocycles. The molecular weight excluding hydrogens is 280 g/mol. The van der Waals surface area contributed by atoms with Crippen LogP contribution in [-0.2, 0) is 0 Å². The summed E-state index contributed by atoms with van der Waals surface area (Å²) in [6, 6.07) is 7.75. The molecular formula is C13H19BrN2O. The average Bonchev–Trinajstić information content (AvgIpc) is 2.26. The molecule has 0 aliphatic heterocycles. The van der Waals surface area contributed by atoms with Crippen LogP contribution in [0.3, 0.4) is 0 Å². The lowest BCUT2D eigenvalue weighted by atomic mass is 10.1. The van der Waals surface area contributed by atoms with Gasteiger partial charge >= 0.3 is 6.03 Å². The number of carbonyl (C=O) groups is 1. The zero-order chi connectivity index (χ0) is 12.8. The van der Waals surface area contributed by atoms with E-state index in [9.17, 15) is 4.79 Å². The van der Waals surface area contributed by atoms with Crippen LogP contribution in [0.5, 0.6) is 0 Å². The molecule has 1 rings (SSSR count). The Bertz CT molecular complexity index is 379. The fourth-order valence-electron chi connectivity index (χ4n) is 1.45. The largest absolute Gasteiger partial charge is 0.338 e. The number of nitrogens with one attached hydrogen (secondary N) is 2. The van der Waals surface area contributed by atoms with Crippen LogP contribution in [-0.4, -0.2) is 12.6 Å². The number of hydrogen-bond acceptors (Lipinski definition) is 1. The summed E-state index contributed by atoms with van der Waals surface area (Å²) in [4.78, 5) is 11.6. The van der Waals surface area contributed by atoms with Crippen LogP contribution < -0.4 is 10.6 Å². The highest BCUT2D eigenvalue weighted by molar-refractivity contribution is 9.10. The summed E-state index contributed by atoms with van der Waals surface area (Å²) in [5, 5.41) is 5.75. The molecule has 0 aromatic heterocycles.